The van der Waals surface area contributed by atoms with Crippen LogP contribution in [-0.4, -0.2) is 59.1 Å². The van der Waals surface area contributed by atoms with Gasteiger partial charge in [-0.25, -0.2) is 8.78 Å². The van der Waals surface area contributed by atoms with Gasteiger partial charge in [-0.05, 0) is 31.0 Å². The molecule has 0 aromatic heterocycles. The fraction of sp³-hybridized carbons (Fsp3) is 0.474. The molecule has 154 valence electrons. The summed E-state index contributed by atoms with van der Waals surface area (Å²) in [5.74, 6) is -5.26. The Balaban J connectivity index is 1.53. The van der Waals surface area contributed by atoms with Gasteiger partial charge in [0.1, 0.15) is 6.04 Å². The zero-order chi connectivity index (χ0) is 21.0. The topological polar surface area (TPSA) is 108 Å². The average molecular weight is 406 g/mol. The minimum absolute atomic E-state index is 0.0415. The number of imide groups is 2. The molecule has 10 heteroatoms. The average Bonchev–Trinajstić information content (AvgIpc) is 3.07. The molecule has 1 aromatic carbocycles. The van der Waals surface area contributed by atoms with E-state index in [1.807, 2.05) is 0 Å². The van der Waals surface area contributed by atoms with Crippen LogP contribution in [0.2, 0.25) is 0 Å². The Bertz CT molecular complexity index is 935. The molecule has 3 aliphatic heterocycles. The van der Waals surface area contributed by atoms with Gasteiger partial charge in [-0.3, -0.25) is 29.4 Å². The van der Waals surface area contributed by atoms with Crippen LogP contribution in [0.5, 0.6) is 0 Å². The Kier molecular flexibility index (Phi) is 4.50. The zero-order valence-electron chi connectivity index (χ0n) is 15.7. The van der Waals surface area contributed by atoms with Gasteiger partial charge >= 0.3 is 0 Å². The summed E-state index contributed by atoms with van der Waals surface area (Å²) < 4.78 is 28.1. The summed E-state index contributed by atoms with van der Waals surface area (Å²) in [4.78, 5) is 49.8. The number of benzene rings is 1. The molecular weight excluding hydrogens is 386 g/mol. The van der Waals surface area contributed by atoms with Gasteiger partial charge in [-0.15, -0.1) is 0 Å². The minimum Gasteiger partial charge on any atom is -0.309 e. The van der Waals surface area contributed by atoms with E-state index in [0.717, 1.165) is 4.90 Å². The molecule has 0 radical (unpaired) electrons. The second-order valence-corrected chi connectivity index (χ2v) is 7.82. The lowest BCUT2D eigenvalue weighted by atomic mass is 9.96. The SMILES string of the molecule is CC1(NCc2ccc3c(c2)C(=O)N(C2CCC(=O)NC2=O)C3=O)CNCC1(F)F. The standard InChI is InChI=1S/C19H20F2N4O4/c1-18(8-22-9-19(18,20)21)23-7-10-2-3-11-12(6-10)17(29)25(16(11)28)13-4-5-14(26)24-15(13)27/h2-3,6,13,22-23H,4-5,7-9H2,1H3,(H,24,26,27). The molecule has 0 spiro atoms. The van der Waals surface area contributed by atoms with E-state index in [4.69, 9.17) is 0 Å². The number of amides is 4. The maximum Gasteiger partial charge on any atom is 0.279 e. The van der Waals surface area contributed by atoms with Crippen LogP contribution in [0.4, 0.5) is 8.78 Å². The molecule has 2 fully saturated rings. The van der Waals surface area contributed by atoms with Crippen molar-refractivity contribution in [1.29, 1.82) is 0 Å². The Hall–Kier alpha value is -2.72. The predicted molar refractivity (Wildman–Crippen MR) is 96.2 cm³/mol. The molecule has 2 unspecified atom stereocenters. The summed E-state index contributed by atoms with van der Waals surface area (Å²) in [5.41, 5.74) is -0.577. The first-order valence-corrected chi connectivity index (χ1v) is 9.31. The maximum atomic E-state index is 14.1. The van der Waals surface area contributed by atoms with Crippen molar-refractivity contribution in [3.05, 3.63) is 34.9 Å². The van der Waals surface area contributed by atoms with Crippen LogP contribution in [0.1, 0.15) is 46.0 Å². The lowest BCUT2D eigenvalue weighted by Gasteiger charge is -2.31. The van der Waals surface area contributed by atoms with Gasteiger partial charge in [0, 0.05) is 19.5 Å². The van der Waals surface area contributed by atoms with Gasteiger partial charge in [-0.1, -0.05) is 6.07 Å². The lowest BCUT2D eigenvalue weighted by molar-refractivity contribution is -0.136. The van der Waals surface area contributed by atoms with E-state index in [-0.39, 0.29) is 37.1 Å². The Morgan fingerprint density at radius 1 is 1.14 bits per heavy atom. The molecule has 3 aliphatic rings. The Labute approximate surface area is 165 Å². The monoisotopic (exact) mass is 406 g/mol. The van der Waals surface area contributed by atoms with Crippen molar-refractivity contribution >= 4 is 23.6 Å². The quantitative estimate of drug-likeness (QED) is 0.616. The van der Waals surface area contributed by atoms with E-state index in [9.17, 15) is 28.0 Å². The smallest absolute Gasteiger partial charge is 0.279 e. The largest absolute Gasteiger partial charge is 0.309 e. The highest BCUT2D eigenvalue weighted by atomic mass is 19.3. The molecule has 8 nitrogen and oxygen atoms in total. The van der Waals surface area contributed by atoms with E-state index in [2.05, 4.69) is 16.0 Å². The van der Waals surface area contributed by atoms with Gasteiger partial charge in [0.2, 0.25) is 11.8 Å². The number of carbonyl (C=O) groups is 4. The molecule has 0 saturated carbocycles. The van der Waals surface area contributed by atoms with Crippen LogP contribution >= 0.6 is 0 Å². The third kappa shape index (κ3) is 3.12. The molecule has 29 heavy (non-hydrogen) atoms. The molecule has 4 rings (SSSR count). The van der Waals surface area contributed by atoms with Crippen LogP contribution in [-0.2, 0) is 16.1 Å². The normalized spacial score (nSPS) is 28.7. The molecule has 3 N–H and O–H groups in total. The van der Waals surface area contributed by atoms with Crippen LogP contribution < -0.4 is 16.0 Å². The van der Waals surface area contributed by atoms with Crippen molar-refractivity contribution in [3.8, 4) is 0 Å². The molecule has 2 atom stereocenters. The highest BCUT2D eigenvalue weighted by Gasteiger charge is 2.53. The Morgan fingerprint density at radius 3 is 2.52 bits per heavy atom. The van der Waals surface area contributed by atoms with Gasteiger partial charge in [-0.2, -0.15) is 0 Å². The number of fused-ring (bicyclic) bond motifs is 1. The van der Waals surface area contributed by atoms with Crippen molar-refractivity contribution in [2.75, 3.05) is 13.1 Å². The van der Waals surface area contributed by atoms with Gasteiger partial charge in [0.25, 0.3) is 17.7 Å². The number of nitrogens with one attached hydrogen (secondary N) is 3. The van der Waals surface area contributed by atoms with E-state index in [1.165, 1.54) is 19.1 Å². The van der Waals surface area contributed by atoms with Crippen molar-refractivity contribution in [2.24, 2.45) is 0 Å². The number of piperidine rings is 1. The minimum atomic E-state index is -2.92. The summed E-state index contributed by atoms with van der Waals surface area (Å²) in [5, 5.41) is 7.65. The highest BCUT2D eigenvalue weighted by Crippen LogP contribution is 2.33. The van der Waals surface area contributed by atoms with Gasteiger partial charge in [0.15, 0.2) is 0 Å². The summed E-state index contributed by atoms with van der Waals surface area (Å²) in [7, 11) is 0. The van der Waals surface area contributed by atoms with E-state index in [1.54, 1.807) is 6.07 Å². The number of alkyl halides is 2. The maximum absolute atomic E-state index is 14.1. The van der Waals surface area contributed by atoms with E-state index in [0.29, 0.717) is 5.56 Å². The number of hydrogen-bond donors (Lipinski definition) is 3. The van der Waals surface area contributed by atoms with Crippen molar-refractivity contribution in [3.63, 3.8) is 0 Å². The third-order valence-electron chi connectivity index (χ3n) is 5.82. The van der Waals surface area contributed by atoms with Crippen molar-refractivity contribution in [1.82, 2.24) is 20.9 Å². The van der Waals surface area contributed by atoms with E-state index >= 15 is 0 Å². The van der Waals surface area contributed by atoms with Crippen LogP contribution in [0, 0.1) is 0 Å². The van der Waals surface area contributed by atoms with Crippen molar-refractivity contribution in [2.45, 2.75) is 43.8 Å². The number of carbonyl (C=O) groups excluding carboxylic acids is 4. The first-order valence-electron chi connectivity index (χ1n) is 9.31. The summed E-state index contributed by atoms with van der Waals surface area (Å²) >= 11 is 0. The van der Waals surface area contributed by atoms with Gasteiger partial charge < -0.3 is 10.6 Å². The lowest BCUT2D eigenvalue weighted by Crippen LogP contribution is -2.55. The molecule has 0 aliphatic carbocycles. The molecule has 2 saturated heterocycles. The number of nitrogens with zero attached hydrogens (tertiary/aromatic N) is 1. The molecule has 3 heterocycles. The molecular formula is C19H20F2N4O4. The molecule has 1 aromatic rings. The summed E-state index contributed by atoms with van der Waals surface area (Å²) in [6.07, 6.45) is 0.116. The van der Waals surface area contributed by atoms with Gasteiger partial charge in [0.05, 0.1) is 23.2 Å². The van der Waals surface area contributed by atoms with Crippen LogP contribution in [0.25, 0.3) is 0 Å². The Morgan fingerprint density at radius 2 is 1.86 bits per heavy atom. The molecule has 0 bridgehead atoms. The highest BCUT2D eigenvalue weighted by molar-refractivity contribution is 6.23. The third-order valence-corrected chi connectivity index (χ3v) is 5.82. The fourth-order valence-corrected chi connectivity index (χ4v) is 3.91. The fourth-order valence-electron chi connectivity index (χ4n) is 3.91. The number of rotatable bonds is 4. The van der Waals surface area contributed by atoms with Crippen LogP contribution in [0.15, 0.2) is 18.2 Å². The second-order valence-electron chi connectivity index (χ2n) is 7.82. The van der Waals surface area contributed by atoms with E-state index < -0.39 is 47.7 Å². The summed E-state index contributed by atoms with van der Waals surface area (Å²) in [6.45, 7) is 1.21. The number of halogens is 2. The predicted octanol–water partition coefficient (Wildman–Crippen LogP) is 0.175. The first kappa shape index (κ1) is 19.6. The van der Waals surface area contributed by atoms with Crippen LogP contribution in [0.3, 0.4) is 0 Å². The first-order chi connectivity index (χ1) is 13.6. The van der Waals surface area contributed by atoms with Crippen molar-refractivity contribution < 1.29 is 28.0 Å². The zero-order valence-corrected chi connectivity index (χ0v) is 15.7. The second kappa shape index (κ2) is 6.67. The number of hydrogen-bond acceptors (Lipinski definition) is 6. The molecule has 4 amide bonds. The summed E-state index contributed by atoms with van der Waals surface area (Å²) in [6, 6.07) is 3.50.